The summed E-state index contributed by atoms with van der Waals surface area (Å²) in [6.07, 6.45) is 0. The first-order chi connectivity index (χ1) is 5.68. The lowest BCUT2D eigenvalue weighted by molar-refractivity contribution is 1.47. The smallest absolute Gasteiger partial charge is 0.0941 e. The molecule has 1 aromatic heterocycles. The Morgan fingerprint density at radius 1 is 1.42 bits per heavy atom. The van der Waals surface area contributed by atoms with Crippen molar-refractivity contribution in [2.24, 2.45) is 0 Å². The van der Waals surface area contributed by atoms with Crippen LogP contribution in [0.15, 0.2) is 18.2 Å². The van der Waals surface area contributed by atoms with Crippen LogP contribution in [0, 0.1) is 10.5 Å². The van der Waals surface area contributed by atoms with Crippen LogP contribution in [0.3, 0.4) is 0 Å². The van der Waals surface area contributed by atoms with Gasteiger partial charge in [-0.2, -0.15) is 0 Å². The highest BCUT2D eigenvalue weighted by Gasteiger charge is 2.04. The van der Waals surface area contributed by atoms with Crippen molar-refractivity contribution in [3.8, 4) is 0 Å². The third-order valence-corrected chi connectivity index (χ3v) is 4.46. The van der Waals surface area contributed by atoms with Crippen molar-refractivity contribution >= 4 is 55.6 Å². The fourth-order valence-corrected chi connectivity index (χ4v) is 3.12. The average Bonchev–Trinajstić information content (AvgIpc) is 2.39. The van der Waals surface area contributed by atoms with Gasteiger partial charge in [0.2, 0.25) is 0 Å². The lowest BCUT2D eigenvalue weighted by Gasteiger charge is -1.97. The Morgan fingerprint density at radius 3 is 2.92 bits per heavy atom. The Labute approximate surface area is 93.7 Å². The van der Waals surface area contributed by atoms with E-state index in [1.807, 2.05) is 6.07 Å². The lowest BCUT2D eigenvalue weighted by atomic mass is 10.2. The summed E-state index contributed by atoms with van der Waals surface area (Å²) in [5.74, 6) is 0. The van der Waals surface area contributed by atoms with Crippen LogP contribution in [-0.4, -0.2) is 0 Å². The van der Waals surface area contributed by atoms with Crippen LogP contribution in [0.2, 0.25) is 4.34 Å². The predicted octanol–water partition coefficient (Wildman–Crippen LogP) is 4.47. The molecule has 0 aliphatic rings. The fraction of sp³-hybridized carbons (Fsp3) is 0.111. The van der Waals surface area contributed by atoms with Crippen LogP contribution in [0.25, 0.3) is 10.1 Å². The molecule has 1 aromatic carbocycles. The summed E-state index contributed by atoms with van der Waals surface area (Å²) >= 11 is 9.92. The van der Waals surface area contributed by atoms with Gasteiger partial charge in [-0.05, 0) is 47.2 Å². The van der Waals surface area contributed by atoms with E-state index in [4.69, 9.17) is 11.6 Å². The van der Waals surface area contributed by atoms with Gasteiger partial charge in [-0.25, -0.2) is 0 Å². The van der Waals surface area contributed by atoms with Crippen LogP contribution < -0.4 is 0 Å². The third kappa shape index (κ3) is 1.36. The molecule has 0 saturated heterocycles. The first-order valence-electron chi connectivity index (χ1n) is 3.52. The van der Waals surface area contributed by atoms with E-state index >= 15 is 0 Å². The zero-order valence-corrected chi connectivity index (χ0v) is 10.1. The molecular formula is C9H6ClIS. The van der Waals surface area contributed by atoms with E-state index in [0.29, 0.717) is 0 Å². The second kappa shape index (κ2) is 3.16. The van der Waals surface area contributed by atoms with Crippen LogP contribution in [0.1, 0.15) is 5.56 Å². The molecule has 0 spiro atoms. The number of thiophene rings is 1. The topological polar surface area (TPSA) is 0 Å². The monoisotopic (exact) mass is 308 g/mol. The van der Waals surface area contributed by atoms with E-state index in [0.717, 1.165) is 4.34 Å². The minimum atomic E-state index is 0.869. The van der Waals surface area contributed by atoms with Gasteiger partial charge in [0.15, 0.2) is 0 Å². The molecule has 0 saturated carbocycles. The number of hydrogen-bond donors (Lipinski definition) is 0. The Balaban J connectivity index is 2.89. The standard InChI is InChI=1S/C9H6ClIS/c1-5-2-3-7-6(9(5)11)4-8(10)12-7/h2-4H,1H3. The van der Waals surface area contributed by atoms with E-state index < -0.39 is 0 Å². The number of rotatable bonds is 0. The van der Waals surface area contributed by atoms with E-state index in [9.17, 15) is 0 Å². The summed E-state index contributed by atoms with van der Waals surface area (Å²) < 4.78 is 3.46. The molecule has 0 N–H and O–H groups in total. The molecule has 2 rings (SSSR count). The molecule has 2 aromatic rings. The number of fused-ring (bicyclic) bond motifs is 1. The Bertz CT molecular complexity index is 433. The van der Waals surface area contributed by atoms with Crippen molar-refractivity contribution in [3.63, 3.8) is 0 Å². The summed E-state index contributed by atoms with van der Waals surface area (Å²) in [4.78, 5) is 0. The highest BCUT2D eigenvalue weighted by molar-refractivity contribution is 14.1. The first-order valence-corrected chi connectivity index (χ1v) is 5.80. The summed E-state index contributed by atoms with van der Waals surface area (Å²) in [6, 6.07) is 6.30. The van der Waals surface area contributed by atoms with Crippen molar-refractivity contribution in [1.82, 2.24) is 0 Å². The maximum Gasteiger partial charge on any atom is 0.0941 e. The van der Waals surface area contributed by atoms with Gasteiger partial charge in [0.1, 0.15) is 0 Å². The van der Waals surface area contributed by atoms with Gasteiger partial charge in [0.05, 0.1) is 4.34 Å². The molecule has 0 atom stereocenters. The normalized spacial score (nSPS) is 10.9. The summed E-state index contributed by atoms with van der Waals surface area (Å²) in [5, 5.41) is 1.28. The van der Waals surface area contributed by atoms with E-state index in [-0.39, 0.29) is 0 Å². The molecule has 0 aliphatic carbocycles. The van der Waals surface area contributed by atoms with Crippen LogP contribution in [0.5, 0.6) is 0 Å². The molecule has 1 heterocycles. The maximum atomic E-state index is 5.92. The maximum absolute atomic E-state index is 5.92. The van der Waals surface area contributed by atoms with E-state index in [1.54, 1.807) is 11.3 Å². The summed E-state index contributed by atoms with van der Waals surface area (Å²) in [5.41, 5.74) is 1.32. The van der Waals surface area contributed by atoms with Gasteiger partial charge < -0.3 is 0 Å². The lowest BCUT2D eigenvalue weighted by Crippen LogP contribution is -1.77. The minimum absolute atomic E-state index is 0.869. The molecule has 0 aliphatic heterocycles. The number of hydrogen-bond acceptors (Lipinski definition) is 1. The Hall–Kier alpha value is 0.200. The average molecular weight is 309 g/mol. The molecule has 0 nitrogen and oxygen atoms in total. The SMILES string of the molecule is Cc1ccc2sc(Cl)cc2c1I. The van der Waals surface area contributed by atoms with Gasteiger partial charge >= 0.3 is 0 Å². The van der Waals surface area contributed by atoms with Crippen molar-refractivity contribution in [2.45, 2.75) is 6.92 Å². The van der Waals surface area contributed by atoms with Gasteiger partial charge in [0.25, 0.3) is 0 Å². The van der Waals surface area contributed by atoms with Gasteiger partial charge in [-0.1, -0.05) is 17.7 Å². The summed E-state index contributed by atoms with van der Waals surface area (Å²) in [7, 11) is 0. The highest BCUT2D eigenvalue weighted by Crippen LogP contribution is 2.33. The Morgan fingerprint density at radius 2 is 2.17 bits per heavy atom. The molecule has 0 amide bonds. The van der Waals surface area contributed by atoms with Crippen molar-refractivity contribution < 1.29 is 0 Å². The molecule has 12 heavy (non-hydrogen) atoms. The highest BCUT2D eigenvalue weighted by atomic mass is 127. The Kier molecular flexibility index (Phi) is 2.31. The van der Waals surface area contributed by atoms with E-state index in [2.05, 4.69) is 41.6 Å². The number of aryl methyl sites for hydroxylation is 1. The molecule has 62 valence electrons. The fourth-order valence-electron chi connectivity index (χ4n) is 1.16. The van der Waals surface area contributed by atoms with Crippen LogP contribution in [0.4, 0.5) is 0 Å². The largest absolute Gasteiger partial charge is 0.123 e. The van der Waals surface area contributed by atoms with Gasteiger partial charge in [-0.3, -0.25) is 0 Å². The second-order valence-electron chi connectivity index (χ2n) is 2.66. The molecule has 0 fully saturated rings. The number of halogens is 2. The molecular weight excluding hydrogens is 303 g/mol. The van der Waals surface area contributed by atoms with Crippen LogP contribution in [-0.2, 0) is 0 Å². The first kappa shape index (κ1) is 8.78. The van der Waals surface area contributed by atoms with Gasteiger partial charge in [0, 0.05) is 13.7 Å². The molecule has 0 bridgehead atoms. The van der Waals surface area contributed by atoms with Crippen molar-refractivity contribution in [3.05, 3.63) is 31.7 Å². The quantitative estimate of drug-likeness (QED) is 0.630. The van der Waals surface area contributed by atoms with Gasteiger partial charge in [-0.15, -0.1) is 11.3 Å². The minimum Gasteiger partial charge on any atom is -0.123 e. The molecule has 0 unspecified atom stereocenters. The predicted molar refractivity (Wildman–Crippen MR) is 64.3 cm³/mol. The van der Waals surface area contributed by atoms with Crippen molar-refractivity contribution in [2.75, 3.05) is 0 Å². The molecule has 3 heteroatoms. The zero-order chi connectivity index (χ0) is 8.72. The van der Waals surface area contributed by atoms with Crippen molar-refractivity contribution in [1.29, 1.82) is 0 Å². The molecule has 0 radical (unpaired) electrons. The second-order valence-corrected chi connectivity index (χ2v) is 5.45. The third-order valence-electron chi connectivity index (χ3n) is 1.80. The van der Waals surface area contributed by atoms with E-state index in [1.165, 1.54) is 19.2 Å². The summed E-state index contributed by atoms with van der Waals surface area (Å²) in [6.45, 7) is 2.12. The number of benzene rings is 1. The zero-order valence-electron chi connectivity index (χ0n) is 6.40. The van der Waals surface area contributed by atoms with Crippen LogP contribution >= 0.6 is 45.5 Å².